The second-order valence-corrected chi connectivity index (χ2v) is 6.46. The SMILES string of the molecule is COc1ccc(NC(=O)C(NC(=O)c2ccccc2C)C(C)C)cc1N. The maximum atomic E-state index is 12.7. The van der Waals surface area contributed by atoms with Gasteiger partial charge in [-0.25, -0.2) is 0 Å². The molecule has 6 heteroatoms. The second kappa shape index (κ2) is 8.38. The fourth-order valence-corrected chi connectivity index (χ4v) is 2.61. The van der Waals surface area contributed by atoms with Crippen LogP contribution in [0.2, 0.25) is 0 Å². The van der Waals surface area contributed by atoms with Crippen molar-refractivity contribution in [2.24, 2.45) is 5.92 Å². The number of nitrogen functional groups attached to an aromatic ring is 1. The summed E-state index contributed by atoms with van der Waals surface area (Å²) in [5.41, 5.74) is 8.26. The molecule has 0 saturated carbocycles. The normalized spacial score (nSPS) is 11.7. The number of aryl methyl sites for hydroxylation is 1. The molecule has 1 unspecified atom stereocenters. The molecule has 0 bridgehead atoms. The minimum atomic E-state index is -0.676. The van der Waals surface area contributed by atoms with Gasteiger partial charge in [-0.2, -0.15) is 0 Å². The lowest BCUT2D eigenvalue weighted by atomic mass is 10.0. The van der Waals surface area contributed by atoms with Gasteiger partial charge in [-0.3, -0.25) is 9.59 Å². The highest BCUT2D eigenvalue weighted by molar-refractivity contribution is 6.02. The molecule has 2 aromatic carbocycles. The van der Waals surface area contributed by atoms with Crippen LogP contribution in [0.3, 0.4) is 0 Å². The van der Waals surface area contributed by atoms with Crippen molar-refractivity contribution in [2.45, 2.75) is 26.8 Å². The van der Waals surface area contributed by atoms with E-state index in [0.29, 0.717) is 22.7 Å². The molecule has 2 rings (SSSR count). The molecule has 0 aliphatic carbocycles. The molecule has 4 N–H and O–H groups in total. The molecule has 138 valence electrons. The van der Waals surface area contributed by atoms with Gasteiger partial charge in [0.2, 0.25) is 5.91 Å². The van der Waals surface area contributed by atoms with Crippen molar-refractivity contribution in [3.63, 3.8) is 0 Å². The van der Waals surface area contributed by atoms with Crippen molar-refractivity contribution in [3.05, 3.63) is 53.6 Å². The number of rotatable bonds is 6. The lowest BCUT2D eigenvalue weighted by Gasteiger charge is -2.22. The van der Waals surface area contributed by atoms with Crippen LogP contribution in [0.4, 0.5) is 11.4 Å². The summed E-state index contributed by atoms with van der Waals surface area (Å²) in [5, 5.41) is 5.62. The Morgan fingerprint density at radius 2 is 1.81 bits per heavy atom. The van der Waals surface area contributed by atoms with E-state index in [9.17, 15) is 9.59 Å². The lowest BCUT2D eigenvalue weighted by Crippen LogP contribution is -2.47. The van der Waals surface area contributed by atoms with Crippen molar-refractivity contribution in [2.75, 3.05) is 18.2 Å². The first-order chi connectivity index (χ1) is 12.3. The van der Waals surface area contributed by atoms with Gasteiger partial charge >= 0.3 is 0 Å². The quantitative estimate of drug-likeness (QED) is 0.695. The standard InChI is InChI=1S/C20H25N3O3/c1-12(2)18(23-19(24)15-8-6-5-7-13(15)3)20(25)22-14-9-10-17(26-4)16(21)11-14/h5-12,18H,21H2,1-4H3,(H,22,25)(H,23,24). The summed E-state index contributed by atoms with van der Waals surface area (Å²) in [6.45, 7) is 5.62. The van der Waals surface area contributed by atoms with Crippen molar-refractivity contribution in [1.29, 1.82) is 0 Å². The van der Waals surface area contributed by atoms with Crippen molar-refractivity contribution >= 4 is 23.2 Å². The smallest absolute Gasteiger partial charge is 0.252 e. The van der Waals surface area contributed by atoms with Gasteiger partial charge in [0.05, 0.1) is 12.8 Å². The van der Waals surface area contributed by atoms with Crippen molar-refractivity contribution < 1.29 is 14.3 Å². The number of nitrogens with two attached hydrogens (primary N) is 1. The number of ether oxygens (including phenoxy) is 1. The molecule has 0 heterocycles. The van der Waals surface area contributed by atoms with Gasteiger partial charge in [0.15, 0.2) is 0 Å². The highest BCUT2D eigenvalue weighted by Crippen LogP contribution is 2.24. The number of hydrogen-bond donors (Lipinski definition) is 3. The fourth-order valence-electron chi connectivity index (χ4n) is 2.61. The number of carbonyl (C=O) groups is 2. The maximum absolute atomic E-state index is 12.7. The first-order valence-electron chi connectivity index (χ1n) is 8.44. The number of methoxy groups -OCH3 is 1. The monoisotopic (exact) mass is 355 g/mol. The lowest BCUT2D eigenvalue weighted by molar-refractivity contribution is -0.118. The number of anilines is 2. The Morgan fingerprint density at radius 3 is 2.38 bits per heavy atom. The average Bonchev–Trinajstić information content (AvgIpc) is 2.59. The zero-order chi connectivity index (χ0) is 19.3. The Morgan fingerprint density at radius 1 is 1.12 bits per heavy atom. The third-order valence-corrected chi connectivity index (χ3v) is 4.12. The topological polar surface area (TPSA) is 93.5 Å². The van der Waals surface area contributed by atoms with Gasteiger partial charge in [0.1, 0.15) is 11.8 Å². The predicted molar refractivity (Wildman–Crippen MR) is 103 cm³/mol. The van der Waals surface area contributed by atoms with Crippen LogP contribution < -0.4 is 21.1 Å². The van der Waals surface area contributed by atoms with Gasteiger partial charge in [0, 0.05) is 11.3 Å². The van der Waals surface area contributed by atoms with Gasteiger partial charge in [-0.1, -0.05) is 32.0 Å². The van der Waals surface area contributed by atoms with Gasteiger partial charge in [0.25, 0.3) is 5.91 Å². The molecular formula is C20H25N3O3. The summed E-state index contributed by atoms with van der Waals surface area (Å²) in [5.74, 6) is -0.118. The Hall–Kier alpha value is -3.02. The van der Waals surface area contributed by atoms with Gasteiger partial charge < -0.3 is 21.1 Å². The summed E-state index contributed by atoms with van der Waals surface area (Å²) in [4.78, 5) is 25.2. The molecular weight excluding hydrogens is 330 g/mol. The highest BCUT2D eigenvalue weighted by atomic mass is 16.5. The van der Waals surface area contributed by atoms with E-state index in [1.165, 1.54) is 7.11 Å². The molecule has 26 heavy (non-hydrogen) atoms. The minimum Gasteiger partial charge on any atom is -0.495 e. The molecule has 0 aliphatic heterocycles. The summed E-state index contributed by atoms with van der Waals surface area (Å²) >= 11 is 0. The van der Waals surface area contributed by atoms with Gasteiger partial charge in [-0.15, -0.1) is 0 Å². The van der Waals surface area contributed by atoms with Crippen molar-refractivity contribution in [1.82, 2.24) is 5.32 Å². The van der Waals surface area contributed by atoms with Crippen LogP contribution >= 0.6 is 0 Å². The molecule has 0 fully saturated rings. The van der Waals surface area contributed by atoms with E-state index < -0.39 is 6.04 Å². The first kappa shape index (κ1) is 19.3. The summed E-state index contributed by atoms with van der Waals surface area (Å²) in [6, 6.07) is 11.6. The van der Waals surface area contributed by atoms with Gasteiger partial charge in [-0.05, 0) is 42.7 Å². The highest BCUT2D eigenvalue weighted by Gasteiger charge is 2.25. The summed E-state index contributed by atoms with van der Waals surface area (Å²) in [7, 11) is 1.53. The van der Waals surface area contributed by atoms with E-state index in [2.05, 4.69) is 10.6 Å². The second-order valence-electron chi connectivity index (χ2n) is 6.46. The molecule has 0 aliphatic rings. The largest absolute Gasteiger partial charge is 0.495 e. The predicted octanol–water partition coefficient (Wildman–Crippen LogP) is 2.98. The number of carbonyl (C=O) groups excluding carboxylic acids is 2. The molecule has 0 radical (unpaired) electrons. The molecule has 0 saturated heterocycles. The summed E-state index contributed by atoms with van der Waals surface area (Å²) < 4.78 is 5.11. The summed E-state index contributed by atoms with van der Waals surface area (Å²) in [6.07, 6.45) is 0. The molecule has 1 atom stereocenters. The Bertz CT molecular complexity index is 803. The van der Waals surface area contributed by atoms with Crippen molar-refractivity contribution in [3.8, 4) is 5.75 Å². The molecule has 0 aromatic heterocycles. The Kier molecular flexibility index (Phi) is 6.22. The zero-order valence-corrected chi connectivity index (χ0v) is 15.5. The third-order valence-electron chi connectivity index (χ3n) is 4.12. The Labute approximate surface area is 153 Å². The average molecular weight is 355 g/mol. The van der Waals surface area contributed by atoms with E-state index in [-0.39, 0.29) is 17.7 Å². The van der Waals surface area contributed by atoms with E-state index in [1.807, 2.05) is 32.9 Å². The number of benzene rings is 2. The molecule has 2 aromatic rings. The van der Waals surface area contributed by atoms with E-state index in [1.54, 1.807) is 30.3 Å². The van der Waals surface area contributed by atoms with E-state index in [4.69, 9.17) is 10.5 Å². The molecule has 0 spiro atoms. The number of amides is 2. The van der Waals surface area contributed by atoms with Crippen LogP contribution in [0.25, 0.3) is 0 Å². The number of hydrogen-bond acceptors (Lipinski definition) is 4. The van der Waals surface area contributed by atoms with Crippen LogP contribution in [0.1, 0.15) is 29.8 Å². The first-order valence-corrected chi connectivity index (χ1v) is 8.44. The van der Waals surface area contributed by atoms with Crippen LogP contribution in [0.15, 0.2) is 42.5 Å². The molecule has 6 nitrogen and oxygen atoms in total. The minimum absolute atomic E-state index is 0.0847. The third kappa shape index (κ3) is 4.53. The maximum Gasteiger partial charge on any atom is 0.252 e. The van der Waals surface area contributed by atoms with Crippen LogP contribution in [0, 0.1) is 12.8 Å². The van der Waals surface area contributed by atoms with Crippen LogP contribution in [-0.2, 0) is 4.79 Å². The fraction of sp³-hybridized carbons (Fsp3) is 0.300. The van der Waals surface area contributed by atoms with E-state index >= 15 is 0 Å². The van der Waals surface area contributed by atoms with Crippen LogP contribution in [-0.4, -0.2) is 25.0 Å². The molecule has 2 amide bonds. The number of nitrogens with one attached hydrogen (secondary N) is 2. The van der Waals surface area contributed by atoms with Crippen LogP contribution in [0.5, 0.6) is 5.75 Å². The van der Waals surface area contributed by atoms with E-state index in [0.717, 1.165) is 5.56 Å². The zero-order valence-electron chi connectivity index (χ0n) is 15.5. The Balaban J connectivity index is 2.14.